The summed E-state index contributed by atoms with van der Waals surface area (Å²) in [5.74, 6) is 0.632. The van der Waals surface area contributed by atoms with Crippen LogP contribution in [0.4, 0.5) is 0 Å². The largest absolute Gasteiger partial charge is 1.00 e. The standard InChI is InChI=1S/C25H30P.HI/c1-19(2)18-26(23-12-6-20(3)7-13-23,24-14-8-21(4)9-15-24)25-16-10-22(5)11-17-25;/h6-17,19H,18H2,1-5H3;1H/q+1;/p-1. The Balaban J connectivity index is 0.00000261. The Morgan fingerprint density at radius 3 is 1.04 bits per heavy atom. The lowest BCUT2D eigenvalue weighted by Gasteiger charge is -2.29. The molecule has 0 atom stereocenters. The highest BCUT2D eigenvalue weighted by atomic mass is 127. The zero-order valence-electron chi connectivity index (χ0n) is 17.0. The zero-order chi connectivity index (χ0) is 18.7. The number of halogens is 1. The molecule has 0 aliphatic heterocycles. The second kappa shape index (κ2) is 9.34. The summed E-state index contributed by atoms with van der Waals surface area (Å²) in [6, 6.07) is 27.8. The van der Waals surface area contributed by atoms with Crippen molar-refractivity contribution in [2.24, 2.45) is 5.92 Å². The highest BCUT2D eigenvalue weighted by molar-refractivity contribution is 7.95. The average Bonchev–Trinajstić information content (AvgIpc) is 2.62. The van der Waals surface area contributed by atoms with E-state index in [-0.39, 0.29) is 24.0 Å². The number of benzene rings is 3. The second-order valence-corrected chi connectivity index (χ2v) is 11.4. The maximum Gasteiger partial charge on any atom is 0.112 e. The predicted octanol–water partition coefficient (Wildman–Crippen LogP) is 2.57. The summed E-state index contributed by atoms with van der Waals surface area (Å²) in [6.45, 7) is 11.2. The SMILES string of the molecule is Cc1ccc([P+](CC(C)C)(c2ccc(C)cc2)c2ccc(C)cc2)cc1.[I-]. The van der Waals surface area contributed by atoms with Crippen molar-refractivity contribution in [2.45, 2.75) is 34.6 Å². The first kappa shape index (κ1) is 22.1. The molecule has 2 heteroatoms. The van der Waals surface area contributed by atoms with Crippen molar-refractivity contribution in [3.8, 4) is 0 Å². The van der Waals surface area contributed by atoms with Gasteiger partial charge in [0, 0.05) is 0 Å². The molecule has 0 heterocycles. The number of rotatable bonds is 5. The highest BCUT2D eigenvalue weighted by Crippen LogP contribution is 2.56. The van der Waals surface area contributed by atoms with Crippen LogP contribution in [0, 0.1) is 26.7 Å². The summed E-state index contributed by atoms with van der Waals surface area (Å²) >= 11 is 0. The van der Waals surface area contributed by atoms with Crippen LogP contribution in [-0.4, -0.2) is 6.16 Å². The molecule has 0 nitrogen and oxygen atoms in total. The molecule has 3 rings (SSSR count). The Morgan fingerprint density at radius 2 is 0.815 bits per heavy atom. The van der Waals surface area contributed by atoms with E-state index in [4.69, 9.17) is 0 Å². The van der Waals surface area contributed by atoms with E-state index in [0.29, 0.717) is 5.92 Å². The maximum atomic E-state index is 2.37. The number of hydrogen-bond donors (Lipinski definition) is 0. The van der Waals surface area contributed by atoms with Gasteiger partial charge in [0.15, 0.2) is 0 Å². The molecule has 0 bridgehead atoms. The molecule has 0 aliphatic rings. The molecule has 3 aromatic rings. The van der Waals surface area contributed by atoms with Gasteiger partial charge in [-0.3, -0.25) is 0 Å². The normalized spacial score (nSPS) is 11.3. The fourth-order valence-corrected chi connectivity index (χ4v) is 8.31. The van der Waals surface area contributed by atoms with Crippen LogP contribution in [0.2, 0.25) is 0 Å². The molecule has 142 valence electrons. The van der Waals surface area contributed by atoms with E-state index < -0.39 is 7.26 Å². The van der Waals surface area contributed by atoms with E-state index in [2.05, 4.69) is 107 Å². The van der Waals surface area contributed by atoms with Crippen LogP contribution in [0.5, 0.6) is 0 Å². The van der Waals surface area contributed by atoms with Crippen molar-refractivity contribution in [1.29, 1.82) is 0 Å². The molecule has 27 heavy (non-hydrogen) atoms. The predicted molar refractivity (Wildman–Crippen MR) is 119 cm³/mol. The summed E-state index contributed by atoms with van der Waals surface area (Å²) in [5.41, 5.74) is 3.97. The van der Waals surface area contributed by atoms with Crippen molar-refractivity contribution < 1.29 is 24.0 Å². The van der Waals surface area contributed by atoms with Crippen LogP contribution in [0.15, 0.2) is 72.8 Å². The first-order valence-electron chi connectivity index (χ1n) is 9.51. The molecule has 0 unspecified atom stereocenters. The Labute approximate surface area is 182 Å². The van der Waals surface area contributed by atoms with Crippen LogP contribution in [-0.2, 0) is 0 Å². The van der Waals surface area contributed by atoms with Gasteiger partial charge in [-0.05, 0) is 63.1 Å². The summed E-state index contributed by atoms with van der Waals surface area (Å²) in [7, 11) is -1.67. The average molecular weight is 488 g/mol. The summed E-state index contributed by atoms with van der Waals surface area (Å²) in [6.07, 6.45) is 1.20. The van der Waals surface area contributed by atoms with Gasteiger partial charge in [0.2, 0.25) is 0 Å². The van der Waals surface area contributed by atoms with Gasteiger partial charge in [0.05, 0.1) is 6.16 Å². The van der Waals surface area contributed by atoms with Crippen molar-refractivity contribution in [3.63, 3.8) is 0 Å². The van der Waals surface area contributed by atoms with Crippen LogP contribution in [0.1, 0.15) is 30.5 Å². The minimum Gasteiger partial charge on any atom is -1.00 e. The van der Waals surface area contributed by atoms with E-state index in [0.717, 1.165) is 0 Å². The molecule has 0 aromatic heterocycles. The summed E-state index contributed by atoms with van der Waals surface area (Å²) in [5, 5.41) is 4.47. The Kier molecular flexibility index (Phi) is 7.65. The van der Waals surface area contributed by atoms with Gasteiger partial charge in [0.1, 0.15) is 23.2 Å². The fraction of sp³-hybridized carbons (Fsp3) is 0.280. The molecule has 0 aliphatic carbocycles. The van der Waals surface area contributed by atoms with Crippen molar-refractivity contribution >= 4 is 23.2 Å². The van der Waals surface area contributed by atoms with Gasteiger partial charge in [-0.1, -0.05) is 66.9 Å². The third kappa shape index (κ3) is 4.81. The molecule has 0 amide bonds. The van der Waals surface area contributed by atoms with Gasteiger partial charge in [-0.25, -0.2) is 0 Å². The van der Waals surface area contributed by atoms with Gasteiger partial charge < -0.3 is 24.0 Å². The molecular weight excluding hydrogens is 458 g/mol. The summed E-state index contributed by atoms with van der Waals surface area (Å²) in [4.78, 5) is 0. The smallest absolute Gasteiger partial charge is 0.112 e. The van der Waals surface area contributed by atoms with Gasteiger partial charge in [-0.15, -0.1) is 0 Å². The van der Waals surface area contributed by atoms with E-state index in [1.54, 1.807) is 0 Å². The first-order valence-corrected chi connectivity index (χ1v) is 11.5. The molecule has 0 saturated heterocycles. The van der Waals surface area contributed by atoms with Crippen LogP contribution in [0.3, 0.4) is 0 Å². The van der Waals surface area contributed by atoms with Crippen molar-refractivity contribution in [3.05, 3.63) is 89.5 Å². The quantitative estimate of drug-likeness (QED) is 0.383. The molecule has 0 radical (unpaired) electrons. The van der Waals surface area contributed by atoms with Gasteiger partial charge in [-0.2, -0.15) is 0 Å². The Hall–Kier alpha value is -1.18. The fourth-order valence-electron chi connectivity index (χ4n) is 3.71. The van der Waals surface area contributed by atoms with E-state index >= 15 is 0 Å². The molecule has 0 saturated carbocycles. The highest BCUT2D eigenvalue weighted by Gasteiger charge is 2.45. The zero-order valence-corrected chi connectivity index (χ0v) is 20.1. The Morgan fingerprint density at radius 1 is 0.556 bits per heavy atom. The van der Waals surface area contributed by atoms with Gasteiger partial charge in [0.25, 0.3) is 0 Å². The number of hydrogen-bond acceptors (Lipinski definition) is 0. The first-order chi connectivity index (χ1) is 12.4. The topological polar surface area (TPSA) is 0 Å². The third-order valence-electron chi connectivity index (χ3n) is 5.06. The minimum absolute atomic E-state index is 0. The molecular formula is C25H30IP. The lowest BCUT2D eigenvalue weighted by atomic mass is 10.2. The van der Waals surface area contributed by atoms with Gasteiger partial charge >= 0.3 is 0 Å². The van der Waals surface area contributed by atoms with E-state index in [1.165, 1.54) is 38.8 Å². The third-order valence-corrected chi connectivity index (χ3v) is 9.88. The van der Waals surface area contributed by atoms with Crippen LogP contribution >= 0.6 is 7.26 Å². The molecule has 3 aromatic carbocycles. The van der Waals surface area contributed by atoms with Crippen molar-refractivity contribution in [2.75, 3.05) is 6.16 Å². The van der Waals surface area contributed by atoms with Crippen LogP contribution in [0.25, 0.3) is 0 Å². The lowest BCUT2D eigenvalue weighted by Crippen LogP contribution is -3.00. The molecule has 0 spiro atoms. The van der Waals surface area contributed by atoms with E-state index in [1.807, 2.05) is 0 Å². The van der Waals surface area contributed by atoms with Crippen molar-refractivity contribution in [1.82, 2.24) is 0 Å². The molecule has 0 fully saturated rings. The summed E-state index contributed by atoms with van der Waals surface area (Å²) < 4.78 is 0. The Bertz CT molecular complexity index is 735. The van der Waals surface area contributed by atoms with Crippen LogP contribution < -0.4 is 39.9 Å². The minimum atomic E-state index is -1.67. The monoisotopic (exact) mass is 488 g/mol. The van der Waals surface area contributed by atoms with E-state index in [9.17, 15) is 0 Å². The molecule has 0 N–H and O–H groups in total. The second-order valence-electron chi connectivity index (χ2n) is 7.89. The number of aryl methyl sites for hydroxylation is 3. The maximum absolute atomic E-state index is 2.37. The lowest BCUT2D eigenvalue weighted by molar-refractivity contribution is -0.00000560.